The van der Waals surface area contributed by atoms with Crippen LogP contribution in [-0.2, 0) is 14.3 Å². The first-order valence-electron chi connectivity index (χ1n) is 8.23. The largest absolute Gasteiger partial charge is 0.480 e. The molecule has 2 rings (SSSR count). The lowest BCUT2D eigenvalue weighted by molar-refractivity contribution is -0.151. The van der Waals surface area contributed by atoms with Crippen LogP contribution in [0.1, 0.15) is 59.3 Å². The van der Waals surface area contributed by atoms with Gasteiger partial charge in [0.15, 0.2) is 0 Å². The molecule has 0 aromatic heterocycles. The van der Waals surface area contributed by atoms with Gasteiger partial charge in [0.25, 0.3) is 0 Å². The van der Waals surface area contributed by atoms with Crippen LogP contribution in [0, 0.1) is 0 Å². The third-order valence-electron chi connectivity index (χ3n) is 4.31. The highest BCUT2D eigenvalue weighted by Gasteiger charge is 2.44. The molecule has 0 aliphatic carbocycles. The van der Waals surface area contributed by atoms with Crippen LogP contribution in [0.3, 0.4) is 0 Å². The smallest absolute Gasteiger partial charge is 0.408 e. The van der Waals surface area contributed by atoms with Gasteiger partial charge in [-0.2, -0.15) is 0 Å². The highest BCUT2D eigenvalue weighted by molar-refractivity contribution is 5.90. The fourth-order valence-corrected chi connectivity index (χ4v) is 3.36. The zero-order valence-corrected chi connectivity index (χ0v) is 14.0. The van der Waals surface area contributed by atoms with Gasteiger partial charge in [-0.3, -0.25) is 4.79 Å². The number of hydrogen-bond acceptors (Lipinski definition) is 4. The van der Waals surface area contributed by atoms with E-state index in [2.05, 4.69) is 5.32 Å². The molecule has 0 saturated carbocycles. The van der Waals surface area contributed by atoms with Gasteiger partial charge in [-0.15, -0.1) is 0 Å². The van der Waals surface area contributed by atoms with E-state index >= 15 is 0 Å². The Balaban J connectivity index is 2.11. The third kappa shape index (κ3) is 4.36. The van der Waals surface area contributed by atoms with Gasteiger partial charge in [-0.25, -0.2) is 9.59 Å². The number of carbonyl (C=O) groups excluding carboxylic acids is 2. The number of aliphatic carboxylic acids is 1. The van der Waals surface area contributed by atoms with Crippen molar-refractivity contribution in [3.63, 3.8) is 0 Å². The second-order valence-electron chi connectivity index (χ2n) is 7.31. The van der Waals surface area contributed by atoms with Crippen LogP contribution < -0.4 is 5.32 Å². The summed E-state index contributed by atoms with van der Waals surface area (Å²) in [6.45, 7) is 5.26. The van der Waals surface area contributed by atoms with Gasteiger partial charge < -0.3 is 20.1 Å². The first kappa shape index (κ1) is 17.6. The van der Waals surface area contributed by atoms with Gasteiger partial charge in [0.2, 0.25) is 5.91 Å². The van der Waals surface area contributed by atoms with E-state index in [-0.39, 0.29) is 11.9 Å². The molecule has 7 nitrogen and oxygen atoms in total. The van der Waals surface area contributed by atoms with Crippen molar-refractivity contribution in [2.75, 3.05) is 0 Å². The first-order chi connectivity index (χ1) is 10.7. The van der Waals surface area contributed by atoms with Gasteiger partial charge in [-0.05, 0) is 46.5 Å². The van der Waals surface area contributed by atoms with Crippen LogP contribution in [0.25, 0.3) is 0 Å². The first-order valence-corrected chi connectivity index (χ1v) is 8.23. The van der Waals surface area contributed by atoms with Crippen molar-refractivity contribution in [1.82, 2.24) is 10.2 Å². The molecule has 2 N–H and O–H groups in total. The van der Waals surface area contributed by atoms with E-state index in [0.29, 0.717) is 19.3 Å². The molecular weight excluding hydrogens is 300 g/mol. The SMILES string of the molecule is CC(C)(C)OC(=O)N[C@H]1CCCC[C@@H]2CC[C@@H](C(=O)O)N2C1=O. The monoisotopic (exact) mass is 326 g/mol. The molecule has 0 bridgehead atoms. The second-order valence-corrected chi connectivity index (χ2v) is 7.31. The maximum absolute atomic E-state index is 12.8. The van der Waals surface area contributed by atoms with Crippen LogP contribution >= 0.6 is 0 Å². The zero-order chi connectivity index (χ0) is 17.2. The van der Waals surface area contributed by atoms with E-state index in [4.69, 9.17) is 4.74 Å². The van der Waals surface area contributed by atoms with E-state index < -0.39 is 29.7 Å². The van der Waals surface area contributed by atoms with Crippen LogP contribution in [0.4, 0.5) is 4.79 Å². The minimum atomic E-state index is -0.975. The number of ether oxygens (including phenoxy) is 1. The summed E-state index contributed by atoms with van der Waals surface area (Å²) in [5.74, 6) is -1.28. The molecule has 7 heteroatoms. The van der Waals surface area contributed by atoms with Gasteiger partial charge >= 0.3 is 12.1 Å². The zero-order valence-electron chi connectivity index (χ0n) is 14.0. The summed E-state index contributed by atoms with van der Waals surface area (Å²) in [4.78, 5) is 37.6. The molecule has 0 aromatic rings. The number of rotatable bonds is 2. The average Bonchev–Trinajstić information content (AvgIpc) is 2.81. The molecule has 23 heavy (non-hydrogen) atoms. The van der Waals surface area contributed by atoms with E-state index in [1.807, 2.05) is 0 Å². The summed E-state index contributed by atoms with van der Waals surface area (Å²) < 4.78 is 5.21. The molecule has 2 amide bonds. The fraction of sp³-hybridized carbons (Fsp3) is 0.812. The summed E-state index contributed by atoms with van der Waals surface area (Å²) >= 11 is 0. The molecule has 0 unspecified atom stereocenters. The highest BCUT2D eigenvalue weighted by Crippen LogP contribution is 2.31. The summed E-state index contributed by atoms with van der Waals surface area (Å²) in [5.41, 5.74) is -0.644. The van der Waals surface area contributed by atoms with Crippen molar-refractivity contribution >= 4 is 18.0 Å². The Kier molecular flexibility index (Phi) is 5.16. The number of carboxylic acid groups (broad SMARTS) is 1. The molecule has 0 aromatic carbocycles. The Morgan fingerprint density at radius 1 is 1.17 bits per heavy atom. The predicted molar refractivity (Wildman–Crippen MR) is 82.9 cm³/mol. The number of carboxylic acids is 1. The van der Waals surface area contributed by atoms with Crippen molar-refractivity contribution in [3.05, 3.63) is 0 Å². The van der Waals surface area contributed by atoms with Gasteiger partial charge in [0.05, 0.1) is 0 Å². The molecule has 2 aliphatic heterocycles. The minimum Gasteiger partial charge on any atom is -0.480 e. The second kappa shape index (κ2) is 6.76. The molecule has 2 aliphatic rings. The predicted octanol–water partition coefficient (Wildman–Crippen LogP) is 1.90. The highest BCUT2D eigenvalue weighted by atomic mass is 16.6. The number of alkyl carbamates (subject to hydrolysis) is 1. The lowest BCUT2D eigenvalue weighted by Gasteiger charge is -2.34. The van der Waals surface area contributed by atoms with E-state index in [0.717, 1.165) is 19.3 Å². The number of amides is 2. The minimum absolute atomic E-state index is 0.0353. The van der Waals surface area contributed by atoms with Crippen molar-refractivity contribution in [2.24, 2.45) is 0 Å². The summed E-state index contributed by atoms with van der Waals surface area (Å²) in [6, 6.07) is -1.53. The van der Waals surface area contributed by atoms with Crippen LogP contribution in [0.15, 0.2) is 0 Å². The molecule has 2 fully saturated rings. The fourth-order valence-electron chi connectivity index (χ4n) is 3.36. The normalized spacial score (nSPS) is 28.6. The Hall–Kier alpha value is -1.79. The average molecular weight is 326 g/mol. The Morgan fingerprint density at radius 2 is 1.83 bits per heavy atom. The number of fused-ring (bicyclic) bond motifs is 1. The molecule has 130 valence electrons. The van der Waals surface area contributed by atoms with Crippen molar-refractivity contribution in [2.45, 2.75) is 83.0 Å². The third-order valence-corrected chi connectivity index (χ3v) is 4.31. The molecule has 0 radical (unpaired) electrons. The molecule has 2 heterocycles. The van der Waals surface area contributed by atoms with E-state index in [1.165, 1.54) is 4.90 Å². The van der Waals surface area contributed by atoms with Gasteiger partial charge in [0.1, 0.15) is 17.7 Å². The Bertz CT molecular complexity index is 485. The maximum Gasteiger partial charge on any atom is 0.408 e. The Morgan fingerprint density at radius 3 is 2.43 bits per heavy atom. The lowest BCUT2D eigenvalue weighted by atomic mass is 9.99. The number of carbonyl (C=O) groups is 3. The maximum atomic E-state index is 12.8. The summed E-state index contributed by atoms with van der Waals surface area (Å²) in [6.07, 6.45) is 3.63. The quantitative estimate of drug-likeness (QED) is 0.808. The molecule has 2 saturated heterocycles. The van der Waals surface area contributed by atoms with Crippen molar-refractivity contribution < 1.29 is 24.2 Å². The molecule has 3 atom stereocenters. The van der Waals surface area contributed by atoms with Crippen molar-refractivity contribution in [1.29, 1.82) is 0 Å². The van der Waals surface area contributed by atoms with Crippen LogP contribution in [0.2, 0.25) is 0 Å². The molecular formula is C16H26N2O5. The van der Waals surface area contributed by atoms with E-state index in [1.54, 1.807) is 20.8 Å². The van der Waals surface area contributed by atoms with Crippen molar-refractivity contribution in [3.8, 4) is 0 Å². The topological polar surface area (TPSA) is 95.9 Å². The summed E-state index contributed by atoms with van der Waals surface area (Å²) in [7, 11) is 0. The number of nitrogens with one attached hydrogen (secondary N) is 1. The number of hydrogen-bond donors (Lipinski definition) is 2. The number of nitrogens with zero attached hydrogens (tertiary/aromatic N) is 1. The van der Waals surface area contributed by atoms with Gasteiger partial charge in [-0.1, -0.05) is 12.8 Å². The standard InChI is InChI=1S/C16H26N2O5/c1-16(2,3)23-15(22)17-11-7-5-4-6-10-8-9-12(14(20)21)18(10)13(11)19/h10-12H,4-9H2,1-3H3,(H,17,22)(H,20,21)/t10-,11+,12+/m1/s1. The Labute approximate surface area is 136 Å². The lowest BCUT2D eigenvalue weighted by Crippen LogP contribution is -2.55. The van der Waals surface area contributed by atoms with Crippen LogP contribution in [-0.4, -0.2) is 51.7 Å². The molecule has 0 spiro atoms. The van der Waals surface area contributed by atoms with Crippen LogP contribution in [0.5, 0.6) is 0 Å². The van der Waals surface area contributed by atoms with Gasteiger partial charge in [0, 0.05) is 6.04 Å². The summed E-state index contributed by atoms with van der Waals surface area (Å²) in [5, 5.41) is 12.0. The van der Waals surface area contributed by atoms with E-state index in [9.17, 15) is 19.5 Å².